The van der Waals surface area contributed by atoms with Crippen LogP contribution in [0.2, 0.25) is 0 Å². The summed E-state index contributed by atoms with van der Waals surface area (Å²) in [6.45, 7) is 1.56. The van der Waals surface area contributed by atoms with Crippen LogP contribution < -0.4 is 0 Å². The first-order valence-corrected chi connectivity index (χ1v) is 8.17. The highest BCUT2D eigenvalue weighted by molar-refractivity contribution is 5.94. The highest BCUT2D eigenvalue weighted by Gasteiger charge is 2.12. The van der Waals surface area contributed by atoms with E-state index in [-0.39, 0.29) is 5.78 Å². The van der Waals surface area contributed by atoms with E-state index in [0.29, 0.717) is 11.1 Å². The van der Waals surface area contributed by atoms with Crippen molar-refractivity contribution in [2.24, 2.45) is 0 Å². The van der Waals surface area contributed by atoms with E-state index in [4.69, 9.17) is 0 Å². The Morgan fingerprint density at radius 1 is 0.519 bits per heavy atom. The van der Waals surface area contributed by atoms with Crippen LogP contribution in [0.1, 0.15) is 38.0 Å². The zero-order valence-corrected chi connectivity index (χ0v) is 14.7. The molecule has 5 nitrogen and oxygen atoms in total. The molecule has 0 bridgehead atoms. The van der Waals surface area contributed by atoms with Crippen LogP contribution in [0.3, 0.4) is 0 Å². The lowest BCUT2D eigenvalue weighted by Gasteiger charge is -2.02. The van der Waals surface area contributed by atoms with Gasteiger partial charge in [0.15, 0.2) is 5.78 Å². The van der Waals surface area contributed by atoms with E-state index in [1.54, 1.807) is 67.6 Å². The van der Waals surface area contributed by atoms with Crippen LogP contribution in [0.5, 0.6) is 0 Å². The summed E-state index contributed by atoms with van der Waals surface area (Å²) in [5.74, 6) is -1.30. The summed E-state index contributed by atoms with van der Waals surface area (Å²) in [6.07, 6.45) is 0. The third kappa shape index (κ3) is 6.59. The van der Waals surface area contributed by atoms with Crippen molar-refractivity contribution in [1.82, 2.24) is 0 Å². The van der Waals surface area contributed by atoms with Gasteiger partial charge in [-0.15, -0.1) is 0 Å². The molecule has 3 aromatic carbocycles. The van der Waals surface area contributed by atoms with Crippen molar-refractivity contribution in [3.63, 3.8) is 0 Å². The highest BCUT2D eigenvalue weighted by Crippen LogP contribution is 2.05. The zero-order valence-electron chi connectivity index (χ0n) is 14.7. The fourth-order valence-electron chi connectivity index (χ4n) is 1.99. The van der Waals surface area contributed by atoms with E-state index in [1.165, 1.54) is 0 Å². The minimum absolute atomic E-state index is 0.121. The quantitative estimate of drug-likeness (QED) is 0.390. The van der Waals surface area contributed by atoms with Gasteiger partial charge in [0, 0.05) is 5.56 Å². The summed E-state index contributed by atoms with van der Waals surface area (Å²) in [5, 5.41) is 0. The molecule has 0 N–H and O–H groups in total. The van der Waals surface area contributed by atoms with Crippen LogP contribution in [-0.4, -0.2) is 17.7 Å². The van der Waals surface area contributed by atoms with Gasteiger partial charge < -0.3 is 0 Å². The molecule has 0 saturated heterocycles. The molecule has 0 radical (unpaired) electrons. The Bertz CT molecular complexity index is 823. The standard InChI is InChI=1S/C14H10O4.C8H8O/c15-13(11-7-3-1-4-8-11)17-18-14(16)12-9-5-2-6-10-12;1-7(9)8-5-3-2-4-6-8/h1-10H;2-6H,1H3. The molecule has 0 saturated carbocycles. The molecule has 5 heteroatoms. The van der Waals surface area contributed by atoms with E-state index in [1.807, 2.05) is 30.3 Å². The molecule has 0 aliphatic rings. The Balaban J connectivity index is 0.000000244. The van der Waals surface area contributed by atoms with Crippen LogP contribution in [0.25, 0.3) is 0 Å². The zero-order chi connectivity index (χ0) is 19.5. The minimum Gasteiger partial charge on any atom is -0.295 e. The number of benzene rings is 3. The van der Waals surface area contributed by atoms with Crippen LogP contribution in [0, 0.1) is 0 Å². The molecule has 0 atom stereocenters. The number of hydrogen-bond donors (Lipinski definition) is 0. The normalized spacial score (nSPS) is 9.37. The first-order chi connectivity index (χ1) is 13.1. The van der Waals surface area contributed by atoms with E-state index in [0.717, 1.165) is 5.56 Å². The van der Waals surface area contributed by atoms with Crippen LogP contribution in [0.15, 0.2) is 91.0 Å². The van der Waals surface area contributed by atoms with Gasteiger partial charge in [-0.25, -0.2) is 19.4 Å². The molecule has 3 aromatic rings. The summed E-state index contributed by atoms with van der Waals surface area (Å²) in [5.41, 5.74) is 1.41. The minimum atomic E-state index is -0.708. The largest absolute Gasteiger partial charge is 0.386 e. The van der Waals surface area contributed by atoms with Crippen molar-refractivity contribution in [2.45, 2.75) is 6.92 Å². The molecular formula is C22H18O5. The molecular weight excluding hydrogens is 344 g/mol. The molecule has 3 rings (SSSR count). The van der Waals surface area contributed by atoms with E-state index < -0.39 is 11.9 Å². The number of hydrogen-bond acceptors (Lipinski definition) is 5. The predicted octanol–water partition coefficient (Wildman–Crippen LogP) is 4.50. The second-order valence-electron chi connectivity index (χ2n) is 5.40. The summed E-state index contributed by atoms with van der Waals surface area (Å²) in [4.78, 5) is 42.5. The maximum absolute atomic E-state index is 11.5. The Labute approximate surface area is 157 Å². The molecule has 0 amide bonds. The van der Waals surface area contributed by atoms with Crippen molar-refractivity contribution in [3.8, 4) is 0 Å². The molecule has 0 aliphatic heterocycles. The van der Waals surface area contributed by atoms with Gasteiger partial charge in [-0.05, 0) is 31.2 Å². The average molecular weight is 362 g/mol. The summed E-state index contributed by atoms with van der Waals surface area (Å²) < 4.78 is 0. The van der Waals surface area contributed by atoms with Gasteiger partial charge in [-0.2, -0.15) is 0 Å². The van der Waals surface area contributed by atoms with Crippen LogP contribution in [0.4, 0.5) is 0 Å². The Hall–Kier alpha value is -3.73. The first kappa shape index (κ1) is 19.6. The average Bonchev–Trinajstić information content (AvgIpc) is 2.74. The molecule has 0 heterocycles. The maximum atomic E-state index is 11.5. The Morgan fingerprint density at radius 3 is 1.07 bits per heavy atom. The predicted molar refractivity (Wildman–Crippen MR) is 100 cm³/mol. The molecule has 0 aromatic heterocycles. The van der Waals surface area contributed by atoms with Crippen molar-refractivity contribution >= 4 is 17.7 Å². The Kier molecular flexibility index (Phi) is 7.48. The summed E-state index contributed by atoms with van der Waals surface area (Å²) in [6, 6.07) is 25.8. The van der Waals surface area contributed by atoms with Gasteiger partial charge in [0.2, 0.25) is 0 Å². The fourth-order valence-corrected chi connectivity index (χ4v) is 1.99. The van der Waals surface area contributed by atoms with Crippen LogP contribution in [-0.2, 0) is 9.78 Å². The fraction of sp³-hybridized carbons (Fsp3) is 0.0455. The smallest absolute Gasteiger partial charge is 0.295 e. The van der Waals surface area contributed by atoms with Gasteiger partial charge >= 0.3 is 11.9 Å². The molecule has 0 spiro atoms. The molecule has 0 aliphatic carbocycles. The van der Waals surface area contributed by atoms with Gasteiger partial charge in [-0.3, -0.25) is 4.79 Å². The lowest BCUT2D eigenvalue weighted by atomic mass is 10.2. The number of ketones is 1. The van der Waals surface area contributed by atoms with Gasteiger partial charge in [0.25, 0.3) is 0 Å². The van der Waals surface area contributed by atoms with E-state index in [9.17, 15) is 14.4 Å². The first-order valence-electron chi connectivity index (χ1n) is 8.17. The maximum Gasteiger partial charge on any atom is 0.386 e. The van der Waals surface area contributed by atoms with Gasteiger partial charge in [0.05, 0.1) is 11.1 Å². The lowest BCUT2D eigenvalue weighted by molar-refractivity contribution is -0.187. The number of carbonyl (C=O) groups excluding carboxylic acids is 3. The molecule has 0 fully saturated rings. The van der Waals surface area contributed by atoms with Crippen molar-refractivity contribution in [2.75, 3.05) is 0 Å². The monoisotopic (exact) mass is 362 g/mol. The summed E-state index contributed by atoms with van der Waals surface area (Å²) >= 11 is 0. The van der Waals surface area contributed by atoms with Gasteiger partial charge in [0.1, 0.15) is 0 Å². The lowest BCUT2D eigenvalue weighted by Crippen LogP contribution is -2.11. The second-order valence-corrected chi connectivity index (χ2v) is 5.40. The topological polar surface area (TPSA) is 69.7 Å². The van der Waals surface area contributed by atoms with Crippen molar-refractivity contribution in [1.29, 1.82) is 0 Å². The molecule has 27 heavy (non-hydrogen) atoms. The van der Waals surface area contributed by atoms with Crippen molar-refractivity contribution in [3.05, 3.63) is 108 Å². The molecule has 136 valence electrons. The van der Waals surface area contributed by atoms with Crippen LogP contribution >= 0.6 is 0 Å². The van der Waals surface area contributed by atoms with E-state index in [2.05, 4.69) is 9.78 Å². The number of Topliss-reactive ketones (excluding diaryl/α,β-unsaturated/α-hetero) is 1. The molecule has 0 unspecified atom stereocenters. The highest BCUT2D eigenvalue weighted by atomic mass is 17.2. The van der Waals surface area contributed by atoms with E-state index >= 15 is 0 Å². The third-order valence-corrected chi connectivity index (χ3v) is 3.39. The van der Waals surface area contributed by atoms with Crippen molar-refractivity contribution < 1.29 is 24.2 Å². The number of carbonyl (C=O) groups is 3. The SMILES string of the molecule is CC(=O)c1ccccc1.O=C(OOC(=O)c1ccccc1)c1ccccc1. The third-order valence-electron chi connectivity index (χ3n) is 3.39. The van der Waals surface area contributed by atoms with Gasteiger partial charge in [-0.1, -0.05) is 66.7 Å². The Morgan fingerprint density at radius 2 is 0.815 bits per heavy atom. The summed E-state index contributed by atoms with van der Waals surface area (Å²) in [7, 11) is 0. The number of rotatable bonds is 3. The second kappa shape index (κ2) is 10.3.